The van der Waals surface area contributed by atoms with Crippen molar-refractivity contribution in [1.82, 2.24) is 10.2 Å². The van der Waals surface area contributed by atoms with E-state index in [4.69, 9.17) is 9.84 Å². The number of likely N-dealkylation sites (tertiary alicyclic amines) is 1. The first-order valence-corrected chi connectivity index (χ1v) is 7.41. The molecule has 0 aliphatic carbocycles. The summed E-state index contributed by atoms with van der Waals surface area (Å²) in [6.45, 7) is 0.810. The first kappa shape index (κ1) is 17.0. The van der Waals surface area contributed by atoms with Gasteiger partial charge < -0.3 is 20.1 Å². The number of benzene rings is 1. The molecule has 1 aliphatic rings. The number of ether oxygens (including phenoxy) is 1. The van der Waals surface area contributed by atoms with Crippen LogP contribution in [0.15, 0.2) is 24.3 Å². The van der Waals surface area contributed by atoms with Gasteiger partial charge in [-0.05, 0) is 30.5 Å². The fourth-order valence-corrected chi connectivity index (χ4v) is 2.58. The van der Waals surface area contributed by atoms with Crippen molar-refractivity contribution in [3.8, 4) is 0 Å². The minimum atomic E-state index is -0.965. The van der Waals surface area contributed by atoms with Crippen molar-refractivity contribution >= 4 is 17.8 Å². The zero-order chi connectivity index (χ0) is 16.8. The van der Waals surface area contributed by atoms with Gasteiger partial charge in [0.1, 0.15) is 12.6 Å². The number of hydrogen-bond donors (Lipinski definition) is 2. The molecule has 1 atom stereocenters. The number of carboxylic acid groups (broad SMARTS) is 1. The number of hydrogen-bond acceptors (Lipinski definition) is 4. The van der Waals surface area contributed by atoms with Crippen LogP contribution in [-0.2, 0) is 20.9 Å². The lowest BCUT2D eigenvalue weighted by molar-refractivity contribution is -0.141. The molecule has 1 aromatic carbocycles. The van der Waals surface area contributed by atoms with Gasteiger partial charge in [-0.15, -0.1) is 0 Å². The van der Waals surface area contributed by atoms with E-state index < -0.39 is 12.0 Å². The summed E-state index contributed by atoms with van der Waals surface area (Å²) in [5, 5.41) is 11.8. The van der Waals surface area contributed by atoms with Gasteiger partial charge in [0.2, 0.25) is 5.91 Å². The fraction of sp³-hybridized carbons (Fsp3) is 0.438. The highest BCUT2D eigenvalue weighted by Gasteiger charge is 2.34. The second-order valence-corrected chi connectivity index (χ2v) is 5.40. The van der Waals surface area contributed by atoms with Gasteiger partial charge in [-0.1, -0.05) is 12.1 Å². The number of amides is 2. The molecule has 23 heavy (non-hydrogen) atoms. The number of nitrogens with zero attached hydrogens (tertiary/aromatic N) is 1. The molecule has 0 saturated carbocycles. The number of carboxylic acids is 1. The van der Waals surface area contributed by atoms with E-state index in [0.29, 0.717) is 31.5 Å². The summed E-state index contributed by atoms with van der Waals surface area (Å²) in [5.74, 6) is -1.45. The van der Waals surface area contributed by atoms with Crippen LogP contribution < -0.4 is 5.32 Å². The molecule has 0 spiro atoms. The van der Waals surface area contributed by atoms with Crippen LogP contribution in [0.2, 0.25) is 0 Å². The highest BCUT2D eigenvalue weighted by Crippen LogP contribution is 2.20. The van der Waals surface area contributed by atoms with E-state index in [1.54, 1.807) is 24.3 Å². The fourth-order valence-electron chi connectivity index (χ4n) is 2.58. The van der Waals surface area contributed by atoms with Gasteiger partial charge in [0, 0.05) is 25.8 Å². The zero-order valence-electron chi connectivity index (χ0n) is 12.9. The average molecular weight is 320 g/mol. The lowest BCUT2D eigenvalue weighted by Crippen LogP contribution is -2.40. The van der Waals surface area contributed by atoms with Crippen LogP contribution in [-0.4, -0.2) is 54.1 Å². The Morgan fingerprint density at radius 1 is 1.30 bits per heavy atom. The SMILES string of the molecule is COCC(=O)NCc1ccc(C(=O)N2CCCC2C(=O)O)cc1. The van der Waals surface area contributed by atoms with Crippen molar-refractivity contribution in [2.75, 3.05) is 20.3 Å². The molecular formula is C16H20N2O5. The van der Waals surface area contributed by atoms with Crippen LogP contribution in [0.4, 0.5) is 0 Å². The highest BCUT2D eigenvalue weighted by molar-refractivity contribution is 5.97. The standard InChI is InChI=1S/C16H20N2O5/c1-23-10-14(19)17-9-11-4-6-12(7-5-11)15(20)18-8-2-3-13(18)16(21)22/h4-7,13H,2-3,8-10H2,1H3,(H,17,19)(H,21,22). The number of carbonyl (C=O) groups excluding carboxylic acids is 2. The molecule has 1 unspecified atom stereocenters. The Morgan fingerprint density at radius 2 is 2.00 bits per heavy atom. The maximum absolute atomic E-state index is 12.4. The molecule has 1 aliphatic heterocycles. The van der Waals surface area contributed by atoms with Crippen LogP contribution in [0, 0.1) is 0 Å². The summed E-state index contributed by atoms with van der Waals surface area (Å²) in [4.78, 5) is 36.3. The predicted octanol–water partition coefficient (Wildman–Crippen LogP) is 0.638. The summed E-state index contributed by atoms with van der Waals surface area (Å²) in [5.41, 5.74) is 1.30. The molecule has 1 saturated heterocycles. The highest BCUT2D eigenvalue weighted by atomic mass is 16.5. The van der Waals surface area contributed by atoms with E-state index in [9.17, 15) is 14.4 Å². The number of carbonyl (C=O) groups is 3. The second kappa shape index (κ2) is 7.73. The van der Waals surface area contributed by atoms with Crippen molar-refractivity contribution < 1.29 is 24.2 Å². The van der Waals surface area contributed by atoms with Gasteiger partial charge in [-0.25, -0.2) is 4.79 Å². The maximum atomic E-state index is 12.4. The summed E-state index contributed by atoms with van der Waals surface area (Å²) < 4.78 is 4.72. The third-order valence-corrected chi connectivity index (χ3v) is 3.76. The maximum Gasteiger partial charge on any atom is 0.326 e. The van der Waals surface area contributed by atoms with Crippen molar-refractivity contribution in [3.63, 3.8) is 0 Å². The van der Waals surface area contributed by atoms with E-state index >= 15 is 0 Å². The number of nitrogens with one attached hydrogen (secondary N) is 1. The molecule has 2 N–H and O–H groups in total. The molecule has 7 heteroatoms. The van der Waals surface area contributed by atoms with Gasteiger partial charge in [0.15, 0.2) is 0 Å². The van der Waals surface area contributed by atoms with Crippen LogP contribution in [0.5, 0.6) is 0 Å². The molecular weight excluding hydrogens is 300 g/mol. The van der Waals surface area contributed by atoms with Crippen molar-refractivity contribution in [3.05, 3.63) is 35.4 Å². The Bertz CT molecular complexity index is 585. The Labute approximate surface area is 134 Å². The second-order valence-electron chi connectivity index (χ2n) is 5.40. The van der Waals surface area contributed by atoms with E-state index in [1.165, 1.54) is 12.0 Å². The molecule has 7 nitrogen and oxygen atoms in total. The molecule has 0 radical (unpaired) electrons. The average Bonchev–Trinajstić information content (AvgIpc) is 3.03. The quantitative estimate of drug-likeness (QED) is 0.802. The van der Waals surface area contributed by atoms with Crippen LogP contribution >= 0.6 is 0 Å². The van der Waals surface area contributed by atoms with Gasteiger partial charge in [0.25, 0.3) is 5.91 Å². The number of methoxy groups -OCH3 is 1. The lowest BCUT2D eigenvalue weighted by Gasteiger charge is -2.21. The van der Waals surface area contributed by atoms with E-state index in [1.807, 2.05) is 0 Å². The smallest absolute Gasteiger partial charge is 0.326 e. The first-order valence-electron chi connectivity index (χ1n) is 7.41. The topological polar surface area (TPSA) is 95.9 Å². The Balaban J connectivity index is 1.97. The summed E-state index contributed by atoms with van der Waals surface area (Å²) >= 11 is 0. The van der Waals surface area contributed by atoms with Gasteiger partial charge >= 0.3 is 5.97 Å². The Morgan fingerprint density at radius 3 is 2.61 bits per heavy atom. The number of aliphatic carboxylic acids is 1. The van der Waals surface area contributed by atoms with E-state index in [0.717, 1.165) is 5.56 Å². The molecule has 124 valence electrons. The minimum absolute atomic E-state index is 0.00209. The predicted molar refractivity (Wildman–Crippen MR) is 81.9 cm³/mol. The minimum Gasteiger partial charge on any atom is -0.480 e. The largest absolute Gasteiger partial charge is 0.480 e. The van der Waals surface area contributed by atoms with Crippen LogP contribution in [0.3, 0.4) is 0 Å². The monoisotopic (exact) mass is 320 g/mol. The summed E-state index contributed by atoms with van der Waals surface area (Å²) in [6, 6.07) is 6.04. The number of rotatable bonds is 6. The van der Waals surface area contributed by atoms with Crippen molar-refractivity contribution in [2.45, 2.75) is 25.4 Å². The summed E-state index contributed by atoms with van der Waals surface area (Å²) in [7, 11) is 1.45. The van der Waals surface area contributed by atoms with Crippen molar-refractivity contribution in [2.24, 2.45) is 0 Å². The van der Waals surface area contributed by atoms with E-state index in [-0.39, 0.29) is 18.4 Å². The normalized spacial score (nSPS) is 17.1. The van der Waals surface area contributed by atoms with Crippen LogP contribution in [0.25, 0.3) is 0 Å². The third-order valence-electron chi connectivity index (χ3n) is 3.76. The Hall–Kier alpha value is -2.41. The lowest BCUT2D eigenvalue weighted by atomic mass is 10.1. The third kappa shape index (κ3) is 4.29. The van der Waals surface area contributed by atoms with Crippen LogP contribution in [0.1, 0.15) is 28.8 Å². The summed E-state index contributed by atoms with van der Waals surface area (Å²) in [6.07, 6.45) is 1.19. The first-order chi connectivity index (χ1) is 11.0. The molecule has 1 heterocycles. The van der Waals surface area contributed by atoms with Gasteiger partial charge in [-0.3, -0.25) is 9.59 Å². The zero-order valence-corrected chi connectivity index (χ0v) is 12.9. The molecule has 2 rings (SSSR count). The van der Waals surface area contributed by atoms with Crippen molar-refractivity contribution in [1.29, 1.82) is 0 Å². The molecule has 1 fully saturated rings. The van der Waals surface area contributed by atoms with Gasteiger partial charge in [0.05, 0.1) is 0 Å². The Kier molecular flexibility index (Phi) is 5.70. The molecule has 0 bridgehead atoms. The van der Waals surface area contributed by atoms with E-state index in [2.05, 4.69) is 5.32 Å². The molecule has 0 aromatic heterocycles. The van der Waals surface area contributed by atoms with Gasteiger partial charge in [-0.2, -0.15) is 0 Å². The molecule has 1 aromatic rings. The molecule has 2 amide bonds.